The number of carbonyl (C=O) groups is 1. The summed E-state index contributed by atoms with van der Waals surface area (Å²) in [7, 11) is -4.22. The van der Waals surface area contributed by atoms with Crippen molar-refractivity contribution >= 4 is 16.4 Å². The molecule has 0 aromatic heterocycles. The summed E-state index contributed by atoms with van der Waals surface area (Å²) in [4.78, 5) is 11.5. The van der Waals surface area contributed by atoms with Crippen LogP contribution < -0.4 is 6.15 Å². The van der Waals surface area contributed by atoms with Crippen LogP contribution in [0.3, 0.4) is 0 Å². The second-order valence-corrected chi connectivity index (χ2v) is 8.25. The molecule has 0 fully saturated rings. The van der Waals surface area contributed by atoms with Gasteiger partial charge in [0.15, 0.2) is 0 Å². The largest absolute Gasteiger partial charge is 0.451 e. The molecule has 0 aromatic carbocycles. The van der Waals surface area contributed by atoms with E-state index in [0.29, 0.717) is 6.42 Å². The van der Waals surface area contributed by atoms with Crippen LogP contribution in [0.25, 0.3) is 0 Å². The lowest BCUT2D eigenvalue weighted by molar-refractivity contribution is -0.143. The van der Waals surface area contributed by atoms with Gasteiger partial charge in [-0.3, -0.25) is 4.79 Å². The maximum Gasteiger partial charge on any atom is 0.451 e. The fourth-order valence-corrected chi connectivity index (χ4v) is 2.80. The minimum absolute atomic E-state index is 0. The van der Waals surface area contributed by atoms with E-state index in [4.69, 9.17) is 4.18 Å². The summed E-state index contributed by atoms with van der Waals surface area (Å²) in [6.07, 6.45) is 11.6. The van der Waals surface area contributed by atoms with E-state index in [9.17, 15) is 13.2 Å². The van der Waals surface area contributed by atoms with Gasteiger partial charge in [-0.15, -0.1) is 0 Å². The van der Waals surface area contributed by atoms with Gasteiger partial charge in [-0.1, -0.05) is 64.7 Å². The molecule has 0 bridgehead atoms. The smallest absolute Gasteiger partial charge is 0.344 e. The first-order valence-electron chi connectivity index (χ1n) is 8.82. The van der Waals surface area contributed by atoms with E-state index in [0.717, 1.165) is 12.8 Å². The number of unbranched alkanes of at least 4 members (excludes halogenated alkanes) is 9. The van der Waals surface area contributed by atoms with E-state index in [-0.39, 0.29) is 12.8 Å². The summed E-state index contributed by atoms with van der Waals surface area (Å²) in [6.45, 7) is 7.05. The highest BCUT2D eigenvalue weighted by atomic mass is 32.3. The molecule has 3 N–H and O–H groups in total. The molecule has 0 unspecified atom stereocenters. The van der Waals surface area contributed by atoms with Gasteiger partial charge in [0.1, 0.15) is 0 Å². The van der Waals surface area contributed by atoms with Gasteiger partial charge in [-0.2, -0.15) is 8.42 Å². The Morgan fingerprint density at radius 2 is 1.25 bits per heavy atom. The van der Waals surface area contributed by atoms with Gasteiger partial charge >= 0.3 is 16.4 Å². The van der Waals surface area contributed by atoms with Gasteiger partial charge in [-0.25, -0.2) is 4.18 Å². The lowest BCUT2D eigenvalue weighted by atomic mass is 9.98. The summed E-state index contributed by atoms with van der Waals surface area (Å²) in [5.41, 5.74) is -0.868. The molecular formula is C17H37NO5S. The van der Waals surface area contributed by atoms with E-state index >= 15 is 0 Å². The maximum absolute atomic E-state index is 11.5. The maximum atomic E-state index is 11.5. The predicted molar refractivity (Wildman–Crippen MR) is 97.3 cm³/mol. The summed E-state index contributed by atoms with van der Waals surface area (Å²) >= 11 is 0. The second kappa shape index (κ2) is 13.6. The number of rotatable bonds is 13. The second-order valence-electron chi connectivity index (χ2n) is 7.03. The molecule has 0 saturated heterocycles. The van der Waals surface area contributed by atoms with Gasteiger partial charge in [0.05, 0.1) is 12.0 Å². The Bertz CT molecular complexity index is 415. The van der Waals surface area contributed by atoms with Gasteiger partial charge in [0, 0.05) is 0 Å². The number of hydrogen-bond acceptors (Lipinski definition) is 6. The zero-order valence-corrected chi connectivity index (χ0v) is 16.8. The molecule has 0 aliphatic heterocycles. The minimum Gasteiger partial charge on any atom is -0.344 e. The fraction of sp³-hybridized carbons (Fsp3) is 0.941. The first kappa shape index (κ1) is 25.6. The average Bonchev–Trinajstić information content (AvgIpc) is 2.43. The molecule has 0 saturated carbocycles. The van der Waals surface area contributed by atoms with Crippen molar-refractivity contribution in [3.63, 3.8) is 0 Å². The van der Waals surface area contributed by atoms with Crippen molar-refractivity contribution in [1.82, 2.24) is 6.15 Å². The number of hydrogen-bond donors (Lipinski definition) is 1. The zero-order chi connectivity index (χ0) is 17.8. The monoisotopic (exact) mass is 367 g/mol. The molecule has 0 heterocycles. The van der Waals surface area contributed by atoms with Crippen LogP contribution in [0, 0.1) is 5.41 Å². The molecule has 0 aliphatic rings. The third-order valence-corrected chi connectivity index (χ3v) is 4.33. The molecule has 0 radical (unpaired) electrons. The Morgan fingerprint density at radius 3 is 1.67 bits per heavy atom. The highest BCUT2D eigenvalue weighted by Crippen LogP contribution is 2.17. The van der Waals surface area contributed by atoms with Gasteiger partial charge < -0.3 is 10.3 Å². The van der Waals surface area contributed by atoms with Crippen molar-refractivity contribution in [2.24, 2.45) is 5.41 Å². The first-order chi connectivity index (χ1) is 10.7. The van der Waals surface area contributed by atoms with Crippen molar-refractivity contribution in [3.05, 3.63) is 0 Å². The Morgan fingerprint density at radius 1 is 0.833 bits per heavy atom. The van der Waals surface area contributed by atoms with Gasteiger partial charge in [0.25, 0.3) is 0 Å². The average molecular weight is 368 g/mol. The van der Waals surface area contributed by atoms with Crippen LogP contribution >= 0.6 is 0 Å². The van der Waals surface area contributed by atoms with Crippen LogP contribution in [0.2, 0.25) is 0 Å². The van der Waals surface area contributed by atoms with E-state index < -0.39 is 21.8 Å². The molecular weight excluding hydrogens is 330 g/mol. The Hall–Kier alpha value is -0.660. The molecule has 146 valence electrons. The van der Waals surface area contributed by atoms with Crippen LogP contribution in [-0.2, 0) is 23.6 Å². The summed E-state index contributed by atoms with van der Waals surface area (Å²) in [6, 6.07) is 0. The van der Waals surface area contributed by atoms with Crippen molar-refractivity contribution in [2.45, 2.75) is 91.9 Å². The van der Waals surface area contributed by atoms with E-state index in [1.165, 1.54) is 44.9 Å². The van der Waals surface area contributed by atoms with Crippen LogP contribution in [0.15, 0.2) is 0 Å². The van der Waals surface area contributed by atoms with E-state index in [1.54, 1.807) is 20.8 Å². The summed E-state index contributed by atoms with van der Waals surface area (Å²) in [5, 5.41) is 0. The topological polar surface area (TPSA) is 105 Å². The fourth-order valence-electron chi connectivity index (χ4n) is 1.99. The zero-order valence-electron chi connectivity index (χ0n) is 15.9. The molecule has 7 heteroatoms. The molecule has 0 aliphatic carbocycles. The van der Waals surface area contributed by atoms with Crippen molar-refractivity contribution in [1.29, 1.82) is 0 Å². The Kier molecular flexibility index (Phi) is 14.5. The van der Waals surface area contributed by atoms with Crippen LogP contribution in [0.5, 0.6) is 0 Å². The van der Waals surface area contributed by atoms with Crippen LogP contribution in [-0.4, -0.2) is 21.0 Å². The van der Waals surface area contributed by atoms with Crippen molar-refractivity contribution in [2.75, 3.05) is 6.61 Å². The molecule has 0 rings (SSSR count). The minimum atomic E-state index is -4.22. The van der Waals surface area contributed by atoms with Crippen LogP contribution in [0.4, 0.5) is 0 Å². The quantitative estimate of drug-likeness (QED) is 0.463. The molecule has 24 heavy (non-hydrogen) atoms. The predicted octanol–water partition coefficient (Wildman–Crippen LogP) is 4.92. The molecule has 0 spiro atoms. The Labute approximate surface area is 148 Å². The third kappa shape index (κ3) is 14.9. The van der Waals surface area contributed by atoms with E-state index in [1.807, 2.05) is 0 Å². The molecule has 0 amide bonds. The highest BCUT2D eigenvalue weighted by Gasteiger charge is 2.29. The van der Waals surface area contributed by atoms with Gasteiger partial charge in [-0.05, 0) is 27.2 Å². The van der Waals surface area contributed by atoms with Crippen molar-refractivity contribution in [3.8, 4) is 0 Å². The highest BCUT2D eigenvalue weighted by molar-refractivity contribution is 7.82. The SMILES string of the molecule is CCCCCCCCCCCCOS(=O)(=O)OC(=O)C(C)(C)C.N. The van der Waals surface area contributed by atoms with Crippen LogP contribution in [0.1, 0.15) is 91.9 Å². The Balaban J connectivity index is 0. The standard InChI is InChI=1S/C17H34O5S.H3N/c1-5-6-7-8-9-10-11-12-13-14-15-21-23(19,20)22-16(18)17(2,3)4;/h5-15H2,1-4H3;1H3. The molecule has 0 atom stereocenters. The lowest BCUT2D eigenvalue weighted by Gasteiger charge is -2.15. The first-order valence-corrected chi connectivity index (χ1v) is 10.2. The molecule has 0 aromatic rings. The lowest BCUT2D eigenvalue weighted by Crippen LogP contribution is -2.27. The summed E-state index contributed by atoms with van der Waals surface area (Å²) < 4.78 is 32.1. The van der Waals surface area contributed by atoms with Crippen molar-refractivity contribution < 1.29 is 21.6 Å². The van der Waals surface area contributed by atoms with Gasteiger partial charge in [0.2, 0.25) is 0 Å². The number of carbonyl (C=O) groups excluding carboxylic acids is 1. The summed E-state index contributed by atoms with van der Waals surface area (Å²) in [5.74, 6) is -0.805. The third-order valence-electron chi connectivity index (χ3n) is 3.52. The normalized spacial score (nSPS) is 11.8. The molecule has 6 nitrogen and oxygen atoms in total. The van der Waals surface area contributed by atoms with E-state index in [2.05, 4.69) is 11.1 Å².